The highest BCUT2D eigenvalue weighted by Crippen LogP contribution is 2.00. The van der Waals surface area contributed by atoms with Crippen LogP contribution in [0.1, 0.15) is 12.5 Å². The van der Waals surface area contributed by atoms with Crippen molar-refractivity contribution in [2.75, 3.05) is 17.3 Å². The third kappa shape index (κ3) is 10.7. The number of hydrogen-bond acceptors (Lipinski definition) is 4. The van der Waals surface area contributed by atoms with Crippen molar-refractivity contribution < 1.29 is 19.1 Å². The van der Waals surface area contributed by atoms with Gasteiger partial charge < -0.3 is 9.47 Å². The van der Waals surface area contributed by atoms with Crippen LogP contribution in [0.4, 0.5) is 0 Å². The molecule has 1 aromatic carbocycles. The number of esters is 2. The van der Waals surface area contributed by atoms with Crippen molar-refractivity contribution in [1.82, 2.24) is 0 Å². The average Bonchev–Trinajstić information content (AvgIpc) is 2.46. The molecular weight excluding hydrogens is 380 g/mol. The molecule has 0 N–H and O–H groups in total. The van der Waals surface area contributed by atoms with Gasteiger partial charge >= 0.3 is 11.9 Å². The van der Waals surface area contributed by atoms with E-state index in [1.165, 1.54) is 0 Å². The van der Waals surface area contributed by atoms with Crippen molar-refractivity contribution in [2.45, 2.75) is 13.5 Å². The standard InChI is InChI=1S/C9H9BrO2.C4H7BrO2/c10-6-9(11)12-7-8-4-2-1-3-5-8;1-2-7-4(6)3-5/h1-5H,6-7H2;2-3H2,1H3. The van der Waals surface area contributed by atoms with Crippen molar-refractivity contribution in [2.24, 2.45) is 0 Å². The Morgan fingerprint density at radius 1 is 1.00 bits per heavy atom. The predicted octanol–water partition coefficient (Wildman–Crippen LogP) is 3.07. The zero-order valence-corrected chi connectivity index (χ0v) is 13.8. The Hall–Kier alpha value is -0.880. The lowest BCUT2D eigenvalue weighted by Crippen LogP contribution is -2.04. The van der Waals surface area contributed by atoms with Crippen LogP contribution in [0.2, 0.25) is 0 Å². The first kappa shape index (κ1) is 18.1. The first-order chi connectivity index (χ1) is 9.13. The van der Waals surface area contributed by atoms with Gasteiger partial charge in [0.1, 0.15) is 17.3 Å². The fourth-order valence-corrected chi connectivity index (χ4v) is 1.30. The van der Waals surface area contributed by atoms with Crippen molar-refractivity contribution >= 4 is 43.8 Å². The van der Waals surface area contributed by atoms with Crippen LogP contribution in [0, 0.1) is 0 Å². The van der Waals surface area contributed by atoms with Crippen LogP contribution in [-0.4, -0.2) is 29.2 Å². The highest BCUT2D eigenvalue weighted by Gasteiger charge is 1.98. The molecule has 1 aromatic rings. The van der Waals surface area contributed by atoms with Gasteiger partial charge in [0.25, 0.3) is 0 Å². The van der Waals surface area contributed by atoms with E-state index in [0.29, 0.717) is 18.5 Å². The second-order valence-corrected chi connectivity index (χ2v) is 4.34. The predicted molar refractivity (Wildman–Crippen MR) is 80.5 cm³/mol. The number of carbonyl (C=O) groups excluding carboxylic acids is 2. The number of rotatable bonds is 5. The van der Waals surface area contributed by atoms with Gasteiger partial charge in [-0.05, 0) is 12.5 Å². The van der Waals surface area contributed by atoms with Crippen molar-refractivity contribution in [1.29, 1.82) is 0 Å². The van der Waals surface area contributed by atoms with E-state index in [9.17, 15) is 9.59 Å². The van der Waals surface area contributed by atoms with E-state index in [2.05, 4.69) is 36.6 Å². The fraction of sp³-hybridized carbons (Fsp3) is 0.385. The van der Waals surface area contributed by atoms with E-state index in [0.717, 1.165) is 5.56 Å². The maximum atomic E-state index is 10.7. The molecule has 0 aromatic heterocycles. The second-order valence-electron chi connectivity index (χ2n) is 3.22. The maximum absolute atomic E-state index is 10.7. The molecule has 106 valence electrons. The molecule has 0 amide bonds. The summed E-state index contributed by atoms with van der Waals surface area (Å²) in [6.07, 6.45) is 0. The second kappa shape index (κ2) is 12.2. The van der Waals surface area contributed by atoms with E-state index in [4.69, 9.17) is 4.74 Å². The third-order valence-corrected chi connectivity index (χ3v) is 2.68. The molecule has 0 saturated heterocycles. The summed E-state index contributed by atoms with van der Waals surface area (Å²) < 4.78 is 9.40. The molecule has 0 fully saturated rings. The minimum atomic E-state index is -0.237. The Bertz CT molecular complexity index is 368. The van der Waals surface area contributed by atoms with Gasteiger partial charge in [0.05, 0.1) is 6.61 Å². The summed E-state index contributed by atoms with van der Waals surface area (Å²) in [6.45, 7) is 2.59. The molecule has 0 aliphatic carbocycles. The summed E-state index contributed by atoms with van der Waals surface area (Å²) in [5, 5.41) is 0.542. The SMILES string of the molecule is CCOC(=O)CBr.O=C(CBr)OCc1ccccc1. The number of alkyl halides is 2. The Morgan fingerprint density at radius 2 is 1.53 bits per heavy atom. The third-order valence-electron chi connectivity index (χ3n) is 1.77. The van der Waals surface area contributed by atoms with Gasteiger partial charge in [-0.25, -0.2) is 0 Å². The quantitative estimate of drug-likeness (QED) is 0.567. The zero-order valence-electron chi connectivity index (χ0n) is 10.6. The minimum absolute atomic E-state index is 0.206. The molecule has 19 heavy (non-hydrogen) atoms. The lowest BCUT2D eigenvalue weighted by molar-refractivity contribution is -0.141. The topological polar surface area (TPSA) is 52.6 Å². The summed E-state index contributed by atoms with van der Waals surface area (Å²) >= 11 is 5.95. The van der Waals surface area contributed by atoms with Crippen molar-refractivity contribution in [3.05, 3.63) is 35.9 Å². The normalized spacial score (nSPS) is 9.00. The molecule has 0 heterocycles. The van der Waals surface area contributed by atoms with Crippen molar-refractivity contribution in [3.63, 3.8) is 0 Å². The Kier molecular flexibility index (Phi) is 11.6. The molecule has 0 atom stereocenters. The van der Waals surface area contributed by atoms with Gasteiger partial charge in [-0.15, -0.1) is 0 Å². The molecule has 0 radical (unpaired) electrons. The molecule has 0 spiro atoms. The number of ether oxygens (including phenoxy) is 2. The van der Waals surface area contributed by atoms with Gasteiger partial charge in [-0.2, -0.15) is 0 Å². The average molecular weight is 396 g/mol. The molecule has 1 rings (SSSR count). The van der Waals surface area contributed by atoms with Crippen LogP contribution in [0.15, 0.2) is 30.3 Å². The zero-order chi connectivity index (χ0) is 14.5. The van der Waals surface area contributed by atoms with Gasteiger partial charge in [0.2, 0.25) is 0 Å². The lowest BCUT2D eigenvalue weighted by atomic mass is 10.2. The van der Waals surface area contributed by atoms with Gasteiger partial charge in [0.15, 0.2) is 0 Å². The fourth-order valence-electron chi connectivity index (χ4n) is 0.976. The first-order valence-electron chi connectivity index (χ1n) is 5.61. The van der Waals surface area contributed by atoms with Crippen LogP contribution in [0.5, 0.6) is 0 Å². The van der Waals surface area contributed by atoms with E-state index >= 15 is 0 Å². The Morgan fingerprint density at radius 3 is 1.95 bits per heavy atom. The van der Waals surface area contributed by atoms with Gasteiger partial charge in [-0.1, -0.05) is 62.2 Å². The van der Waals surface area contributed by atoms with Gasteiger partial charge in [-0.3, -0.25) is 9.59 Å². The Balaban J connectivity index is 0.000000399. The number of halogens is 2. The molecule has 0 aliphatic rings. The number of benzene rings is 1. The molecule has 0 aliphatic heterocycles. The van der Waals surface area contributed by atoms with Crippen LogP contribution >= 0.6 is 31.9 Å². The monoisotopic (exact) mass is 394 g/mol. The van der Waals surface area contributed by atoms with Gasteiger partial charge in [0, 0.05) is 0 Å². The minimum Gasteiger partial charge on any atom is -0.465 e. The highest BCUT2D eigenvalue weighted by atomic mass is 79.9. The van der Waals surface area contributed by atoms with Crippen LogP contribution in [0.25, 0.3) is 0 Å². The molecular formula is C13H16Br2O4. The molecule has 4 nitrogen and oxygen atoms in total. The largest absolute Gasteiger partial charge is 0.465 e. The number of hydrogen-bond donors (Lipinski definition) is 0. The van der Waals surface area contributed by atoms with E-state index in [1.807, 2.05) is 30.3 Å². The molecule has 0 saturated carbocycles. The van der Waals surface area contributed by atoms with Crippen LogP contribution in [-0.2, 0) is 25.7 Å². The summed E-state index contributed by atoms with van der Waals surface area (Å²) in [5.74, 6) is -0.443. The van der Waals surface area contributed by atoms with Crippen molar-refractivity contribution in [3.8, 4) is 0 Å². The van der Waals surface area contributed by atoms with E-state index in [1.54, 1.807) is 6.92 Å². The maximum Gasteiger partial charge on any atom is 0.316 e. The molecule has 0 unspecified atom stereocenters. The number of carbonyl (C=O) groups is 2. The Labute approximate surface area is 129 Å². The summed E-state index contributed by atoms with van der Waals surface area (Å²) in [6, 6.07) is 9.59. The summed E-state index contributed by atoms with van der Waals surface area (Å²) in [7, 11) is 0. The summed E-state index contributed by atoms with van der Waals surface area (Å²) in [5.41, 5.74) is 1.01. The molecule has 0 bridgehead atoms. The van der Waals surface area contributed by atoms with Crippen LogP contribution < -0.4 is 0 Å². The smallest absolute Gasteiger partial charge is 0.316 e. The summed E-state index contributed by atoms with van der Waals surface area (Å²) in [4.78, 5) is 20.9. The first-order valence-corrected chi connectivity index (χ1v) is 7.85. The molecule has 6 heteroatoms. The van der Waals surface area contributed by atoms with Crippen LogP contribution in [0.3, 0.4) is 0 Å². The van der Waals surface area contributed by atoms with E-state index < -0.39 is 0 Å². The lowest BCUT2D eigenvalue weighted by Gasteiger charge is -2.01. The highest BCUT2D eigenvalue weighted by molar-refractivity contribution is 9.09. The van der Waals surface area contributed by atoms with E-state index in [-0.39, 0.29) is 17.3 Å².